The Bertz CT molecular complexity index is 597. The van der Waals surface area contributed by atoms with E-state index >= 15 is 0 Å². The molecule has 1 saturated carbocycles. The molecule has 25 heavy (non-hydrogen) atoms. The van der Waals surface area contributed by atoms with Crippen molar-refractivity contribution in [2.45, 2.75) is 43.9 Å². The van der Waals surface area contributed by atoms with Crippen molar-refractivity contribution in [1.29, 1.82) is 0 Å². The third-order valence-electron chi connectivity index (χ3n) is 4.31. The maximum absolute atomic E-state index is 12.1. The van der Waals surface area contributed by atoms with E-state index in [1.807, 2.05) is 31.2 Å². The number of rotatable bonds is 7. The Hall–Kier alpha value is -1.08. The second-order valence-corrected chi connectivity index (χ2v) is 9.03. The van der Waals surface area contributed by atoms with Crippen LogP contribution in [0.5, 0.6) is 5.75 Å². The Balaban J connectivity index is 1.72. The molecule has 1 fully saturated rings. The van der Waals surface area contributed by atoms with Crippen molar-refractivity contribution in [1.82, 2.24) is 10.6 Å². The summed E-state index contributed by atoms with van der Waals surface area (Å²) in [5.74, 6) is 2.37. The lowest BCUT2D eigenvalue weighted by Crippen LogP contribution is -2.47. The number of nitrogens with one attached hydrogen (secondary N) is 2. The van der Waals surface area contributed by atoms with Crippen molar-refractivity contribution in [3.05, 3.63) is 28.7 Å². The first-order valence-electron chi connectivity index (χ1n) is 8.85. The highest BCUT2D eigenvalue weighted by atomic mass is 79.9. The van der Waals surface area contributed by atoms with Crippen LogP contribution >= 0.6 is 15.9 Å². The molecule has 1 aromatic carbocycles. The van der Waals surface area contributed by atoms with E-state index < -0.39 is 10.8 Å². The second-order valence-electron chi connectivity index (χ2n) is 6.10. The van der Waals surface area contributed by atoms with E-state index in [1.54, 1.807) is 7.05 Å². The lowest BCUT2D eigenvalue weighted by atomic mass is 9.95. The van der Waals surface area contributed by atoms with Crippen LogP contribution in [0.15, 0.2) is 33.7 Å². The molecule has 1 aromatic rings. The van der Waals surface area contributed by atoms with E-state index in [0.29, 0.717) is 24.4 Å². The monoisotopic (exact) mass is 429 g/mol. The summed E-state index contributed by atoms with van der Waals surface area (Å²) in [7, 11) is 1.07. The minimum Gasteiger partial charge on any atom is -0.492 e. The number of guanidine groups is 1. The van der Waals surface area contributed by atoms with Gasteiger partial charge in [0.25, 0.3) is 0 Å². The number of nitrogens with zero attached hydrogens (tertiary/aromatic N) is 1. The van der Waals surface area contributed by atoms with Gasteiger partial charge in [0, 0.05) is 39.4 Å². The van der Waals surface area contributed by atoms with Crippen LogP contribution in [0, 0.1) is 0 Å². The molecule has 0 saturated heterocycles. The van der Waals surface area contributed by atoms with E-state index in [2.05, 4.69) is 31.6 Å². The topological polar surface area (TPSA) is 62.7 Å². The molecule has 0 amide bonds. The van der Waals surface area contributed by atoms with Gasteiger partial charge in [-0.25, -0.2) is 0 Å². The van der Waals surface area contributed by atoms with Crippen LogP contribution < -0.4 is 15.4 Å². The zero-order chi connectivity index (χ0) is 18.1. The van der Waals surface area contributed by atoms with Gasteiger partial charge in [0.05, 0.1) is 6.54 Å². The van der Waals surface area contributed by atoms with E-state index in [1.165, 1.54) is 0 Å². The first-order chi connectivity index (χ1) is 12.1. The van der Waals surface area contributed by atoms with Gasteiger partial charge in [-0.15, -0.1) is 0 Å². The van der Waals surface area contributed by atoms with E-state index in [-0.39, 0.29) is 0 Å². The first-order valence-corrected chi connectivity index (χ1v) is 11.0. The fourth-order valence-corrected chi connectivity index (χ4v) is 4.76. The fourth-order valence-electron chi connectivity index (χ4n) is 3.03. The minimum absolute atomic E-state index is 0.314. The Kier molecular flexibility index (Phi) is 8.75. The molecule has 0 radical (unpaired) electrons. The van der Waals surface area contributed by atoms with Gasteiger partial charge in [0.2, 0.25) is 0 Å². The van der Waals surface area contributed by atoms with Gasteiger partial charge >= 0.3 is 0 Å². The summed E-state index contributed by atoms with van der Waals surface area (Å²) >= 11 is 3.43. The maximum atomic E-state index is 12.1. The van der Waals surface area contributed by atoms with Crippen LogP contribution in [0.4, 0.5) is 0 Å². The molecule has 0 aliphatic heterocycles. The van der Waals surface area contributed by atoms with Gasteiger partial charge in [-0.1, -0.05) is 35.3 Å². The largest absolute Gasteiger partial charge is 0.492 e. The minimum atomic E-state index is -0.705. The number of hydrogen-bond acceptors (Lipinski definition) is 3. The molecule has 3 atom stereocenters. The number of ether oxygens (including phenoxy) is 1. The third kappa shape index (κ3) is 6.98. The van der Waals surface area contributed by atoms with Crippen molar-refractivity contribution in [3.8, 4) is 5.75 Å². The molecular weight excluding hydrogens is 402 g/mol. The van der Waals surface area contributed by atoms with Crippen molar-refractivity contribution in [2.24, 2.45) is 4.99 Å². The SMILES string of the molecule is CCS(=O)C1CCCC(NC(=NC)NCCOc2cccc(Br)c2)C1. The summed E-state index contributed by atoms with van der Waals surface area (Å²) in [6.45, 7) is 3.23. The average molecular weight is 430 g/mol. The second kappa shape index (κ2) is 10.8. The number of benzene rings is 1. The lowest BCUT2D eigenvalue weighted by molar-refractivity contribution is 0.321. The Morgan fingerprint density at radius 2 is 2.28 bits per heavy atom. The van der Waals surface area contributed by atoms with Crippen LogP contribution in [0.3, 0.4) is 0 Å². The van der Waals surface area contributed by atoms with Crippen molar-refractivity contribution in [2.75, 3.05) is 26.0 Å². The van der Waals surface area contributed by atoms with E-state index in [4.69, 9.17) is 4.74 Å². The highest BCUT2D eigenvalue weighted by Crippen LogP contribution is 2.23. The Morgan fingerprint density at radius 3 is 3.00 bits per heavy atom. The summed E-state index contributed by atoms with van der Waals surface area (Å²) in [5.41, 5.74) is 0. The average Bonchev–Trinajstić information content (AvgIpc) is 2.63. The Labute approximate surface area is 161 Å². The van der Waals surface area contributed by atoms with E-state index in [0.717, 1.165) is 47.6 Å². The summed E-state index contributed by atoms with van der Waals surface area (Å²) in [5, 5.41) is 7.06. The molecule has 0 aromatic heterocycles. The van der Waals surface area contributed by atoms with Gasteiger partial charge in [-0.2, -0.15) is 0 Å². The smallest absolute Gasteiger partial charge is 0.191 e. The predicted molar refractivity (Wildman–Crippen MR) is 109 cm³/mol. The molecule has 2 N–H and O–H groups in total. The first kappa shape index (κ1) is 20.2. The molecule has 2 rings (SSSR count). The van der Waals surface area contributed by atoms with Crippen LogP contribution in [-0.4, -0.2) is 47.4 Å². The zero-order valence-corrected chi connectivity index (χ0v) is 17.4. The normalized spacial score (nSPS) is 22.3. The maximum Gasteiger partial charge on any atom is 0.191 e. The molecule has 0 spiro atoms. The standard InChI is InChI=1S/C18H28BrN3O2S/c1-3-25(23)17-9-5-7-15(13-17)22-18(20-2)21-10-11-24-16-8-4-6-14(19)12-16/h4,6,8,12,15,17H,3,5,7,9-11,13H2,1-2H3,(H2,20,21,22). The fraction of sp³-hybridized carbons (Fsp3) is 0.611. The van der Waals surface area contributed by atoms with Gasteiger partial charge in [-0.3, -0.25) is 9.20 Å². The van der Waals surface area contributed by atoms with Crippen LogP contribution in [-0.2, 0) is 10.8 Å². The quantitative estimate of drug-likeness (QED) is 0.397. The summed E-state index contributed by atoms with van der Waals surface area (Å²) < 4.78 is 18.8. The lowest BCUT2D eigenvalue weighted by Gasteiger charge is -2.30. The van der Waals surface area contributed by atoms with Crippen molar-refractivity contribution in [3.63, 3.8) is 0 Å². The highest BCUT2D eigenvalue weighted by Gasteiger charge is 2.25. The van der Waals surface area contributed by atoms with Crippen molar-refractivity contribution < 1.29 is 8.95 Å². The van der Waals surface area contributed by atoms with Gasteiger partial charge < -0.3 is 15.4 Å². The Morgan fingerprint density at radius 1 is 1.44 bits per heavy atom. The highest BCUT2D eigenvalue weighted by molar-refractivity contribution is 9.10. The van der Waals surface area contributed by atoms with Gasteiger partial charge in [-0.05, 0) is 37.5 Å². The van der Waals surface area contributed by atoms with Gasteiger partial charge in [0.1, 0.15) is 12.4 Å². The molecule has 1 aliphatic carbocycles. The number of halogens is 1. The molecular formula is C18H28BrN3O2S. The molecule has 1 aliphatic rings. The van der Waals surface area contributed by atoms with Crippen LogP contribution in [0.25, 0.3) is 0 Å². The molecule has 140 valence electrons. The van der Waals surface area contributed by atoms with Crippen LogP contribution in [0.1, 0.15) is 32.6 Å². The number of aliphatic imine (C=N–C) groups is 1. The number of hydrogen-bond donors (Lipinski definition) is 2. The molecule has 7 heteroatoms. The predicted octanol–water partition coefficient (Wildman–Crippen LogP) is 3.07. The summed E-state index contributed by atoms with van der Waals surface area (Å²) in [6, 6.07) is 8.15. The van der Waals surface area contributed by atoms with Crippen LogP contribution in [0.2, 0.25) is 0 Å². The summed E-state index contributed by atoms with van der Waals surface area (Å²) in [4.78, 5) is 4.29. The van der Waals surface area contributed by atoms with Crippen molar-refractivity contribution >= 4 is 32.7 Å². The van der Waals surface area contributed by atoms with E-state index in [9.17, 15) is 4.21 Å². The van der Waals surface area contributed by atoms with Gasteiger partial charge in [0.15, 0.2) is 5.96 Å². The third-order valence-corrected chi connectivity index (χ3v) is 6.54. The zero-order valence-electron chi connectivity index (χ0n) is 15.0. The molecule has 0 heterocycles. The summed E-state index contributed by atoms with van der Waals surface area (Å²) in [6.07, 6.45) is 4.25. The molecule has 5 nitrogen and oxygen atoms in total. The molecule has 3 unspecified atom stereocenters. The molecule has 0 bridgehead atoms.